The van der Waals surface area contributed by atoms with Crippen molar-refractivity contribution >= 4 is 11.7 Å². The Hall–Kier alpha value is -2.90. The highest BCUT2D eigenvalue weighted by molar-refractivity contribution is 5.94. The molecule has 2 rings (SSSR count). The van der Waals surface area contributed by atoms with Crippen LogP contribution in [0.3, 0.4) is 0 Å². The van der Waals surface area contributed by atoms with Crippen LogP contribution in [0.25, 0.3) is 0 Å². The van der Waals surface area contributed by atoms with Gasteiger partial charge < -0.3 is 20.1 Å². The standard InChI is InChI=1S/C18H21F2N3O3/c1-25-14-8-7-13(12-15(14)26-18(19)20)17(24)23-11-5-4-10-22-16-6-2-3-9-21-16/h2-3,6-9,12,18H,4-5,10-11H2,1H3,(H,21,22)(H,23,24). The molecule has 0 bridgehead atoms. The summed E-state index contributed by atoms with van der Waals surface area (Å²) in [7, 11) is 1.34. The molecule has 0 radical (unpaired) electrons. The molecule has 26 heavy (non-hydrogen) atoms. The summed E-state index contributed by atoms with van der Waals surface area (Å²) in [5.74, 6) is 0.419. The highest BCUT2D eigenvalue weighted by atomic mass is 19.3. The zero-order chi connectivity index (χ0) is 18.8. The second-order valence-electron chi connectivity index (χ2n) is 5.35. The van der Waals surface area contributed by atoms with E-state index in [2.05, 4.69) is 20.4 Å². The van der Waals surface area contributed by atoms with E-state index >= 15 is 0 Å². The minimum Gasteiger partial charge on any atom is -0.493 e. The van der Waals surface area contributed by atoms with Crippen molar-refractivity contribution in [1.82, 2.24) is 10.3 Å². The molecule has 6 nitrogen and oxygen atoms in total. The van der Waals surface area contributed by atoms with E-state index < -0.39 is 6.61 Å². The van der Waals surface area contributed by atoms with E-state index in [4.69, 9.17) is 4.74 Å². The number of hydrogen-bond donors (Lipinski definition) is 2. The van der Waals surface area contributed by atoms with Crippen LogP contribution < -0.4 is 20.1 Å². The van der Waals surface area contributed by atoms with Crippen LogP contribution in [-0.2, 0) is 0 Å². The van der Waals surface area contributed by atoms with E-state index in [-0.39, 0.29) is 23.0 Å². The van der Waals surface area contributed by atoms with Crippen molar-refractivity contribution in [3.05, 3.63) is 48.2 Å². The zero-order valence-electron chi connectivity index (χ0n) is 14.4. The zero-order valence-corrected chi connectivity index (χ0v) is 14.4. The molecule has 0 saturated carbocycles. The van der Waals surface area contributed by atoms with Gasteiger partial charge in [0.2, 0.25) is 0 Å². The Balaban J connectivity index is 1.75. The van der Waals surface area contributed by atoms with Crippen molar-refractivity contribution in [2.75, 3.05) is 25.5 Å². The molecule has 1 aromatic heterocycles. The summed E-state index contributed by atoms with van der Waals surface area (Å²) < 4.78 is 34.2. The van der Waals surface area contributed by atoms with E-state index in [0.29, 0.717) is 6.54 Å². The summed E-state index contributed by atoms with van der Waals surface area (Å²) in [6.45, 7) is -1.78. The first-order valence-corrected chi connectivity index (χ1v) is 8.16. The van der Waals surface area contributed by atoms with Crippen LogP contribution in [0.15, 0.2) is 42.6 Å². The van der Waals surface area contributed by atoms with Gasteiger partial charge in [0.25, 0.3) is 5.91 Å². The highest BCUT2D eigenvalue weighted by Gasteiger charge is 2.14. The molecular weight excluding hydrogens is 344 g/mol. The average Bonchev–Trinajstić information content (AvgIpc) is 2.64. The van der Waals surface area contributed by atoms with Gasteiger partial charge in [-0.25, -0.2) is 4.98 Å². The Labute approximate surface area is 150 Å². The van der Waals surface area contributed by atoms with Gasteiger partial charge in [-0.3, -0.25) is 4.79 Å². The molecule has 0 aliphatic carbocycles. The summed E-state index contributed by atoms with van der Waals surface area (Å²) in [5.41, 5.74) is 0.230. The molecule has 2 aromatic rings. The fraction of sp³-hybridized carbons (Fsp3) is 0.333. The van der Waals surface area contributed by atoms with Gasteiger partial charge >= 0.3 is 6.61 Å². The van der Waals surface area contributed by atoms with Crippen LogP contribution in [0.4, 0.5) is 14.6 Å². The maximum Gasteiger partial charge on any atom is 0.387 e. The second-order valence-corrected chi connectivity index (χ2v) is 5.35. The number of unbranched alkanes of at least 4 members (excludes halogenated alkanes) is 1. The van der Waals surface area contributed by atoms with Crippen LogP contribution in [0.1, 0.15) is 23.2 Å². The number of halogens is 2. The number of pyridine rings is 1. The summed E-state index contributed by atoms with van der Waals surface area (Å²) >= 11 is 0. The molecule has 0 atom stereocenters. The first-order valence-electron chi connectivity index (χ1n) is 8.16. The van der Waals surface area contributed by atoms with Crippen molar-refractivity contribution in [3.63, 3.8) is 0 Å². The maximum atomic E-state index is 12.4. The van der Waals surface area contributed by atoms with Crippen molar-refractivity contribution < 1.29 is 23.0 Å². The van der Waals surface area contributed by atoms with Crippen LogP contribution in [0, 0.1) is 0 Å². The normalized spacial score (nSPS) is 10.5. The van der Waals surface area contributed by atoms with E-state index in [0.717, 1.165) is 25.2 Å². The lowest BCUT2D eigenvalue weighted by Gasteiger charge is -2.12. The number of hydrogen-bond acceptors (Lipinski definition) is 5. The number of carbonyl (C=O) groups is 1. The van der Waals surface area contributed by atoms with E-state index in [1.54, 1.807) is 6.20 Å². The van der Waals surface area contributed by atoms with Crippen molar-refractivity contribution in [1.29, 1.82) is 0 Å². The van der Waals surface area contributed by atoms with E-state index in [9.17, 15) is 13.6 Å². The summed E-state index contributed by atoms with van der Waals surface area (Å²) in [4.78, 5) is 16.3. The van der Waals surface area contributed by atoms with E-state index in [1.165, 1.54) is 25.3 Å². The molecule has 1 aromatic carbocycles. The fourth-order valence-electron chi connectivity index (χ4n) is 2.24. The molecule has 140 valence electrons. The third kappa shape index (κ3) is 6.19. The molecular formula is C18H21F2N3O3. The van der Waals surface area contributed by atoms with Crippen LogP contribution >= 0.6 is 0 Å². The molecule has 0 aliphatic rings. The Morgan fingerprint density at radius 3 is 2.65 bits per heavy atom. The van der Waals surface area contributed by atoms with Gasteiger partial charge in [-0.15, -0.1) is 0 Å². The Kier molecular flexibility index (Phi) is 7.60. The largest absolute Gasteiger partial charge is 0.493 e. The quantitative estimate of drug-likeness (QED) is 0.632. The van der Waals surface area contributed by atoms with Crippen molar-refractivity contribution in [2.24, 2.45) is 0 Å². The van der Waals surface area contributed by atoms with Gasteiger partial charge in [0.1, 0.15) is 5.82 Å². The number of carbonyl (C=O) groups excluding carboxylic acids is 1. The topological polar surface area (TPSA) is 72.5 Å². The number of ether oxygens (including phenoxy) is 2. The Morgan fingerprint density at radius 2 is 1.96 bits per heavy atom. The number of anilines is 1. The summed E-state index contributed by atoms with van der Waals surface area (Å²) in [6.07, 6.45) is 3.32. The van der Waals surface area contributed by atoms with E-state index in [1.807, 2.05) is 18.2 Å². The first-order chi connectivity index (χ1) is 12.6. The number of aromatic nitrogens is 1. The monoisotopic (exact) mass is 365 g/mol. The van der Waals surface area contributed by atoms with Gasteiger partial charge in [0.05, 0.1) is 7.11 Å². The number of amides is 1. The van der Waals surface area contributed by atoms with Gasteiger partial charge in [-0.1, -0.05) is 6.07 Å². The number of nitrogens with zero attached hydrogens (tertiary/aromatic N) is 1. The third-order valence-corrected chi connectivity index (χ3v) is 3.50. The molecule has 8 heteroatoms. The molecule has 0 aliphatic heterocycles. The first kappa shape index (κ1) is 19.4. The van der Waals surface area contributed by atoms with Crippen molar-refractivity contribution in [3.8, 4) is 11.5 Å². The number of rotatable bonds is 10. The van der Waals surface area contributed by atoms with Crippen LogP contribution in [-0.4, -0.2) is 37.7 Å². The molecule has 0 unspecified atom stereocenters. The molecule has 0 saturated heterocycles. The predicted molar refractivity (Wildman–Crippen MR) is 93.9 cm³/mol. The second kappa shape index (κ2) is 10.2. The molecule has 2 N–H and O–H groups in total. The van der Waals surface area contributed by atoms with Gasteiger partial charge in [-0.2, -0.15) is 8.78 Å². The molecule has 0 spiro atoms. The molecule has 1 amide bonds. The summed E-state index contributed by atoms with van der Waals surface area (Å²) in [6, 6.07) is 9.78. The number of benzene rings is 1. The third-order valence-electron chi connectivity index (χ3n) is 3.50. The number of alkyl halides is 2. The maximum absolute atomic E-state index is 12.4. The van der Waals surface area contributed by atoms with Crippen LogP contribution in [0.5, 0.6) is 11.5 Å². The number of nitrogens with one attached hydrogen (secondary N) is 2. The summed E-state index contributed by atoms with van der Waals surface area (Å²) in [5, 5.41) is 5.93. The molecule has 0 fully saturated rings. The Morgan fingerprint density at radius 1 is 1.15 bits per heavy atom. The SMILES string of the molecule is COc1ccc(C(=O)NCCCCNc2ccccn2)cc1OC(F)F. The smallest absolute Gasteiger partial charge is 0.387 e. The molecule has 1 heterocycles. The van der Waals surface area contributed by atoms with Gasteiger partial charge in [0.15, 0.2) is 11.5 Å². The number of methoxy groups -OCH3 is 1. The highest BCUT2D eigenvalue weighted by Crippen LogP contribution is 2.29. The lowest BCUT2D eigenvalue weighted by atomic mass is 10.2. The minimum atomic E-state index is -2.99. The van der Waals surface area contributed by atoms with Crippen LogP contribution in [0.2, 0.25) is 0 Å². The fourth-order valence-corrected chi connectivity index (χ4v) is 2.24. The minimum absolute atomic E-state index is 0.141. The van der Waals surface area contributed by atoms with Gasteiger partial charge in [0, 0.05) is 24.8 Å². The lowest BCUT2D eigenvalue weighted by molar-refractivity contribution is -0.0512. The lowest BCUT2D eigenvalue weighted by Crippen LogP contribution is -2.25. The Bertz CT molecular complexity index is 699. The van der Waals surface area contributed by atoms with Crippen molar-refractivity contribution in [2.45, 2.75) is 19.5 Å². The predicted octanol–water partition coefficient (Wildman–Crippen LogP) is 3.31. The average molecular weight is 365 g/mol. The van der Waals surface area contributed by atoms with Gasteiger partial charge in [-0.05, 0) is 43.2 Å².